The van der Waals surface area contributed by atoms with Crippen molar-refractivity contribution in [3.05, 3.63) is 35.9 Å². The molecular formula is C18H28O. The van der Waals surface area contributed by atoms with Crippen molar-refractivity contribution in [2.45, 2.75) is 70.3 Å². The third-order valence-electron chi connectivity index (χ3n) is 4.75. The normalized spacial score (nSPS) is 20.4. The number of aliphatic hydroxyl groups is 1. The highest BCUT2D eigenvalue weighted by atomic mass is 16.3. The van der Waals surface area contributed by atoms with Crippen molar-refractivity contribution in [2.75, 3.05) is 0 Å². The van der Waals surface area contributed by atoms with Crippen LogP contribution in [0.4, 0.5) is 0 Å². The van der Waals surface area contributed by atoms with Crippen LogP contribution in [0.1, 0.15) is 64.4 Å². The van der Waals surface area contributed by atoms with E-state index < -0.39 is 0 Å². The molecule has 0 saturated heterocycles. The molecule has 0 radical (unpaired) electrons. The third kappa shape index (κ3) is 3.39. The fourth-order valence-corrected chi connectivity index (χ4v) is 3.53. The lowest BCUT2D eigenvalue weighted by Gasteiger charge is -2.42. The van der Waals surface area contributed by atoms with Gasteiger partial charge >= 0.3 is 0 Å². The maximum absolute atomic E-state index is 10.8. The highest BCUT2D eigenvalue weighted by molar-refractivity contribution is 5.27. The van der Waals surface area contributed by atoms with Crippen LogP contribution in [0, 0.1) is 5.92 Å². The minimum atomic E-state index is -0.183. The summed E-state index contributed by atoms with van der Waals surface area (Å²) in [6.07, 6.45) is 8.01. The molecule has 106 valence electrons. The first-order chi connectivity index (χ1) is 9.15. The summed E-state index contributed by atoms with van der Waals surface area (Å²) in [6.45, 7) is 4.48. The van der Waals surface area contributed by atoms with E-state index >= 15 is 0 Å². The lowest BCUT2D eigenvalue weighted by Crippen LogP contribution is -2.41. The van der Waals surface area contributed by atoms with Gasteiger partial charge in [0.2, 0.25) is 0 Å². The Morgan fingerprint density at radius 1 is 1.00 bits per heavy atom. The first-order valence-corrected chi connectivity index (χ1v) is 7.89. The highest BCUT2D eigenvalue weighted by Gasteiger charge is 2.40. The molecule has 1 N–H and O–H groups in total. The van der Waals surface area contributed by atoms with E-state index in [9.17, 15) is 5.11 Å². The van der Waals surface area contributed by atoms with Gasteiger partial charge in [0.15, 0.2) is 0 Å². The Labute approximate surface area is 118 Å². The summed E-state index contributed by atoms with van der Waals surface area (Å²) < 4.78 is 0. The average molecular weight is 260 g/mol. The lowest BCUT2D eigenvalue weighted by atomic mass is 9.65. The Kier molecular flexibility index (Phi) is 5.04. The van der Waals surface area contributed by atoms with E-state index in [2.05, 4.69) is 44.2 Å². The van der Waals surface area contributed by atoms with Crippen LogP contribution in [0.5, 0.6) is 0 Å². The standard InChI is InChI=1S/C18H28O/c1-15(2)11-12-17(19)18(13-7-4-8-14-18)16-9-5-3-6-10-16/h3,5-6,9-10,15,17,19H,4,7-8,11-14H2,1-2H3. The van der Waals surface area contributed by atoms with Crippen molar-refractivity contribution in [2.24, 2.45) is 5.92 Å². The van der Waals surface area contributed by atoms with Crippen LogP contribution in [0.3, 0.4) is 0 Å². The SMILES string of the molecule is CC(C)CCC(O)C1(c2ccccc2)CCCCC1. The zero-order valence-electron chi connectivity index (χ0n) is 12.4. The van der Waals surface area contributed by atoms with Gasteiger partial charge in [0, 0.05) is 5.41 Å². The van der Waals surface area contributed by atoms with Crippen LogP contribution in [0.15, 0.2) is 30.3 Å². The van der Waals surface area contributed by atoms with Gasteiger partial charge in [-0.05, 0) is 37.2 Å². The molecule has 1 aliphatic carbocycles. The van der Waals surface area contributed by atoms with Gasteiger partial charge in [-0.25, -0.2) is 0 Å². The molecule has 1 aromatic carbocycles. The van der Waals surface area contributed by atoms with E-state index in [4.69, 9.17) is 0 Å². The molecule has 1 atom stereocenters. The van der Waals surface area contributed by atoms with Crippen molar-refractivity contribution in [1.29, 1.82) is 0 Å². The molecule has 1 heteroatoms. The molecule has 0 spiro atoms. The van der Waals surface area contributed by atoms with Gasteiger partial charge in [0.25, 0.3) is 0 Å². The predicted molar refractivity (Wildman–Crippen MR) is 81.3 cm³/mol. The summed E-state index contributed by atoms with van der Waals surface area (Å²) >= 11 is 0. The number of hydrogen-bond acceptors (Lipinski definition) is 1. The lowest BCUT2D eigenvalue weighted by molar-refractivity contribution is 0.0429. The number of rotatable bonds is 5. The van der Waals surface area contributed by atoms with E-state index in [0.29, 0.717) is 5.92 Å². The third-order valence-corrected chi connectivity index (χ3v) is 4.75. The van der Waals surface area contributed by atoms with E-state index in [1.54, 1.807) is 0 Å². The first-order valence-electron chi connectivity index (χ1n) is 7.89. The quantitative estimate of drug-likeness (QED) is 0.814. The molecule has 0 heterocycles. The first kappa shape index (κ1) is 14.6. The molecule has 0 aliphatic heterocycles. The van der Waals surface area contributed by atoms with Gasteiger partial charge in [0.05, 0.1) is 6.10 Å². The number of hydrogen-bond donors (Lipinski definition) is 1. The van der Waals surface area contributed by atoms with E-state index in [1.807, 2.05) is 0 Å². The second kappa shape index (κ2) is 6.56. The predicted octanol–water partition coefficient (Wildman–Crippen LogP) is 4.69. The van der Waals surface area contributed by atoms with Crippen LogP contribution in [-0.4, -0.2) is 11.2 Å². The smallest absolute Gasteiger partial charge is 0.0636 e. The number of aliphatic hydroxyl groups excluding tert-OH is 1. The fourth-order valence-electron chi connectivity index (χ4n) is 3.53. The molecule has 19 heavy (non-hydrogen) atoms. The van der Waals surface area contributed by atoms with Crippen LogP contribution >= 0.6 is 0 Å². The van der Waals surface area contributed by atoms with Gasteiger partial charge in [-0.2, -0.15) is 0 Å². The summed E-state index contributed by atoms with van der Waals surface area (Å²) in [5, 5.41) is 10.8. The Morgan fingerprint density at radius 2 is 1.63 bits per heavy atom. The maximum Gasteiger partial charge on any atom is 0.0636 e. The Hall–Kier alpha value is -0.820. The molecule has 1 nitrogen and oxygen atoms in total. The van der Waals surface area contributed by atoms with Crippen molar-refractivity contribution in [3.8, 4) is 0 Å². The molecule has 1 aliphatic rings. The number of benzene rings is 1. The summed E-state index contributed by atoms with van der Waals surface area (Å²) in [5.41, 5.74) is 1.37. The highest BCUT2D eigenvalue weighted by Crippen LogP contribution is 2.43. The second-order valence-electron chi connectivity index (χ2n) is 6.57. The van der Waals surface area contributed by atoms with Crippen molar-refractivity contribution in [1.82, 2.24) is 0 Å². The van der Waals surface area contributed by atoms with Crippen LogP contribution in [-0.2, 0) is 5.41 Å². The van der Waals surface area contributed by atoms with Crippen molar-refractivity contribution < 1.29 is 5.11 Å². The van der Waals surface area contributed by atoms with E-state index in [-0.39, 0.29) is 11.5 Å². The van der Waals surface area contributed by atoms with E-state index in [0.717, 1.165) is 25.7 Å². The summed E-state index contributed by atoms with van der Waals surface area (Å²) in [5.74, 6) is 0.672. The molecule has 1 unspecified atom stereocenters. The van der Waals surface area contributed by atoms with Crippen LogP contribution in [0.25, 0.3) is 0 Å². The second-order valence-corrected chi connectivity index (χ2v) is 6.57. The Balaban J connectivity index is 2.19. The van der Waals surface area contributed by atoms with E-state index in [1.165, 1.54) is 24.8 Å². The van der Waals surface area contributed by atoms with Crippen LogP contribution < -0.4 is 0 Å². The van der Waals surface area contributed by atoms with Crippen molar-refractivity contribution in [3.63, 3.8) is 0 Å². The van der Waals surface area contributed by atoms with Gasteiger partial charge in [0.1, 0.15) is 0 Å². The maximum atomic E-state index is 10.8. The molecule has 1 saturated carbocycles. The van der Waals surface area contributed by atoms with Gasteiger partial charge < -0.3 is 5.11 Å². The van der Waals surface area contributed by atoms with Gasteiger partial charge in [-0.1, -0.05) is 63.4 Å². The molecule has 2 rings (SSSR count). The summed E-state index contributed by atoms with van der Waals surface area (Å²) in [7, 11) is 0. The van der Waals surface area contributed by atoms with Gasteiger partial charge in [-0.3, -0.25) is 0 Å². The monoisotopic (exact) mass is 260 g/mol. The zero-order valence-corrected chi connectivity index (χ0v) is 12.4. The molecule has 0 amide bonds. The largest absolute Gasteiger partial charge is 0.392 e. The molecule has 1 aromatic rings. The van der Waals surface area contributed by atoms with Crippen LogP contribution in [0.2, 0.25) is 0 Å². The average Bonchev–Trinajstić information content (AvgIpc) is 2.46. The molecule has 0 bridgehead atoms. The molecular weight excluding hydrogens is 232 g/mol. The topological polar surface area (TPSA) is 20.2 Å². The summed E-state index contributed by atoms with van der Waals surface area (Å²) in [6, 6.07) is 10.7. The Bertz CT molecular complexity index is 363. The van der Waals surface area contributed by atoms with Gasteiger partial charge in [-0.15, -0.1) is 0 Å². The van der Waals surface area contributed by atoms with Crippen molar-refractivity contribution >= 4 is 0 Å². The molecule has 0 aromatic heterocycles. The minimum Gasteiger partial charge on any atom is -0.392 e. The fraction of sp³-hybridized carbons (Fsp3) is 0.667. The zero-order chi connectivity index (χ0) is 13.7. The minimum absolute atomic E-state index is 0.0222. The Morgan fingerprint density at radius 3 is 2.21 bits per heavy atom. The summed E-state index contributed by atoms with van der Waals surface area (Å²) in [4.78, 5) is 0. The molecule has 1 fully saturated rings.